The van der Waals surface area contributed by atoms with Crippen LogP contribution in [-0.4, -0.2) is 9.91 Å². The predicted molar refractivity (Wildman–Crippen MR) is 44.9 cm³/mol. The number of pyridine rings is 1. The van der Waals surface area contributed by atoms with Crippen LogP contribution in [0.25, 0.3) is 6.08 Å². The molecule has 0 fully saturated rings. The zero-order valence-corrected chi connectivity index (χ0v) is 6.60. The van der Waals surface area contributed by atoms with Crippen LogP contribution in [0.4, 0.5) is 0 Å². The standard InChI is InChI=1S/C8H8N2O2/c1-7(10(11)12)6-8-2-4-9-5-3-8/h2-6H,1H3/b7-6+. The van der Waals surface area contributed by atoms with Crippen molar-refractivity contribution in [2.24, 2.45) is 0 Å². The second-order valence-corrected chi connectivity index (χ2v) is 2.32. The first-order chi connectivity index (χ1) is 5.70. The van der Waals surface area contributed by atoms with Crippen molar-refractivity contribution in [2.45, 2.75) is 6.92 Å². The number of allylic oxidation sites excluding steroid dienone is 1. The molecule has 0 bridgehead atoms. The fraction of sp³-hybridized carbons (Fsp3) is 0.125. The van der Waals surface area contributed by atoms with Crippen molar-refractivity contribution < 1.29 is 4.92 Å². The average molecular weight is 164 g/mol. The topological polar surface area (TPSA) is 56.0 Å². The molecular weight excluding hydrogens is 156 g/mol. The second kappa shape index (κ2) is 3.61. The molecule has 0 atom stereocenters. The fourth-order valence-electron chi connectivity index (χ4n) is 0.754. The Morgan fingerprint density at radius 2 is 2.17 bits per heavy atom. The lowest BCUT2D eigenvalue weighted by Gasteiger charge is -1.90. The van der Waals surface area contributed by atoms with Gasteiger partial charge in [0.2, 0.25) is 5.70 Å². The molecule has 12 heavy (non-hydrogen) atoms. The molecular formula is C8H8N2O2. The van der Waals surface area contributed by atoms with E-state index >= 15 is 0 Å². The van der Waals surface area contributed by atoms with E-state index < -0.39 is 4.92 Å². The monoisotopic (exact) mass is 164 g/mol. The van der Waals surface area contributed by atoms with Gasteiger partial charge in [-0.15, -0.1) is 0 Å². The minimum atomic E-state index is -0.416. The lowest BCUT2D eigenvalue weighted by molar-refractivity contribution is -0.422. The van der Waals surface area contributed by atoms with Crippen LogP contribution in [0.5, 0.6) is 0 Å². The molecule has 0 aromatic carbocycles. The first-order valence-corrected chi connectivity index (χ1v) is 3.43. The lowest BCUT2D eigenvalue weighted by atomic mass is 10.2. The Morgan fingerprint density at radius 1 is 1.58 bits per heavy atom. The molecule has 0 spiro atoms. The van der Waals surface area contributed by atoms with E-state index in [2.05, 4.69) is 4.98 Å². The van der Waals surface area contributed by atoms with Gasteiger partial charge in [-0.3, -0.25) is 15.1 Å². The molecule has 0 unspecified atom stereocenters. The normalized spacial score (nSPS) is 11.2. The molecule has 0 aliphatic carbocycles. The molecule has 1 aromatic heterocycles. The van der Waals surface area contributed by atoms with E-state index in [1.165, 1.54) is 13.0 Å². The zero-order chi connectivity index (χ0) is 8.97. The van der Waals surface area contributed by atoms with Gasteiger partial charge in [-0.25, -0.2) is 0 Å². The third-order valence-electron chi connectivity index (χ3n) is 1.37. The van der Waals surface area contributed by atoms with Gasteiger partial charge in [0, 0.05) is 25.4 Å². The van der Waals surface area contributed by atoms with Gasteiger partial charge in [-0.2, -0.15) is 0 Å². The number of nitro groups is 1. The summed E-state index contributed by atoms with van der Waals surface area (Å²) in [6.45, 7) is 1.46. The lowest BCUT2D eigenvalue weighted by Crippen LogP contribution is -1.92. The second-order valence-electron chi connectivity index (χ2n) is 2.32. The quantitative estimate of drug-likeness (QED) is 0.494. The molecule has 0 aliphatic heterocycles. The highest BCUT2D eigenvalue weighted by Crippen LogP contribution is 2.04. The van der Waals surface area contributed by atoms with Crippen molar-refractivity contribution in [3.63, 3.8) is 0 Å². The highest BCUT2D eigenvalue weighted by atomic mass is 16.6. The largest absolute Gasteiger partial charge is 0.265 e. The molecule has 0 amide bonds. The maximum atomic E-state index is 10.2. The third-order valence-corrected chi connectivity index (χ3v) is 1.37. The maximum Gasteiger partial charge on any atom is 0.243 e. The van der Waals surface area contributed by atoms with Crippen LogP contribution in [0.15, 0.2) is 30.2 Å². The number of hydrogen-bond acceptors (Lipinski definition) is 3. The Labute approximate surface area is 69.7 Å². The highest BCUT2D eigenvalue weighted by Gasteiger charge is 2.00. The Kier molecular flexibility index (Phi) is 2.53. The maximum absolute atomic E-state index is 10.2. The van der Waals surface area contributed by atoms with Gasteiger partial charge in [0.25, 0.3) is 0 Å². The molecule has 0 saturated heterocycles. The van der Waals surface area contributed by atoms with E-state index in [1.807, 2.05) is 0 Å². The summed E-state index contributed by atoms with van der Waals surface area (Å²) in [4.78, 5) is 13.6. The van der Waals surface area contributed by atoms with Gasteiger partial charge in [0.1, 0.15) is 0 Å². The van der Waals surface area contributed by atoms with E-state index in [0.29, 0.717) is 0 Å². The first kappa shape index (κ1) is 8.39. The summed E-state index contributed by atoms with van der Waals surface area (Å²) in [7, 11) is 0. The molecule has 0 radical (unpaired) electrons. The molecule has 62 valence electrons. The van der Waals surface area contributed by atoms with E-state index in [1.54, 1.807) is 24.5 Å². The average Bonchev–Trinajstić information content (AvgIpc) is 2.06. The van der Waals surface area contributed by atoms with Gasteiger partial charge in [0.15, 0.2) is 0 Å². The summed E-state index contributed by atoms with van der Waals surface area (Å²) in [5.74, 6) is 0. The van der Waals surface area contributed by atoms with Crippen molar-refractivity contribution in [1.82, 2.24) is 4.98 Å². The summed E-state index contributed by atoms with van der Waals surface area (Å²) in [5.41, 5.74) is 0.917. The van der Waals surface area contributed by atoms with E-state index in [0.717, 1.165) is 5.56 Å². The van der Waals surface area contributed by atoms with Gasteiger partial charge in [0.05, 0.1) is 4.92 Å². The number of hydrogen-bond donors (Lipinski definition) is 0. The minimum absolute atomic E-state index is 0.126. The van der Waals surface area contributed by atoms with Crippen LogP contribution >= 0.6 is 0 Å². The van der Waals surface area contributed by atoms with Crippen molar-refractivity contribution >= 4 is 6.08 Å². The van der Waals surface area contributed by atoms with Crippen LogP contribution in [0.3, 0.4) is 0 Å². The third kappa shape index (κ3) is 2.16. The Morgan fingerprint density at radius 3 is 2.67 bits per heavy atom. The van der Waals surface area contributed by atoms with Crippen LogP contribution < -0.4 is 0 Å². The minimum Gasteiger partial charge on any atom is -0.265 e. The summed E-state index contributed by atoms with van der Waals surface area (Å²) in [6, 6.07) is 3.43. The fourth-order valence-corrected chi connectivity index (χ4v) is 0.754. The van der Waals surface area contributed by atoms with Crippen LogP contribution in [0, 0.1) is 10.1 Å². The van der Waals surface area contributed by atoms with Crippen LogP contribution in [0.2, 0.25) is 0 Å². The summed E-state index contributed by atoms with van der Waals surface area (Å²) in [5, 5.41) is 10.2. The summed E-state index contributed by atoms with van der Waals surface area (Å²) >= 11 is 0. The first-order valence-electron chi connectivity index (χ1n) is 3.43. The summed E-state index contributed by atoms with van der Waals surface area (Å²) < 4.78 is 0. The van der Waals surface area contributed by atoms with Crippen LogP contribution in [0.1, 0.15) is 12.5 Å². The Hall–Kier alpha value is -1.71. The highest BCUT2D eigenvalue weighted by molar-refractivity contribution is 5.49. The SMILES string of the molecule is C/C(=C\c1ccncc1)[N+](=O)[O-]. The van der Waals surface area contributed by atoms with E-state index in [-0.39, 0.29) is 5.70 Å². The molecule has 0 saturated carbocycles. The van der Waals surface area contributed by atoms with Gasteiger partial charge < -0.3 is 0 Å². The van der Waals surface area contributed by atoms with E-state index in [9.17, 15) is 10.1 Å². The van der Waals surface area contributed by atoms with E-state index in [4.69, 9.17) is 0 Å². The molecule has 1 heterocycles. The van der Waals surface area contributed by atoms with Crippen molar-refractivity contribution in [2.75, 3.05) is 0 Å². The molecule has 0 aliphatic rings. The zero-order valence-electron chi connectivity index (χ0n) is 6.60. The van der Waals surface area contributed by atoms with Crippen molar-refractivity contribution in [3.8, 4) is 0 Å². The molecule has 1 aromatic rings. The van der Waals surface area contributed by atoms with Crippen molar-refractivity contribution in [3.05, 3.63) is 45.9 Å². The Bertz CT molecular complexity index is 306. The van der Waals surface area contributed by atoms with Gasteiger partial charge >= 0.3 is 0 Å². The summed E-state index contributed by atoms with van der Waals surface area (Å²) in [6.07, 6.45) is 4.69. The molecule has 1 rings (SSSR count). The van der Waals surface area contributed by atoms with Crippen LogP contribution in [-0.2, 0) is 0 Å². The van der Waals surface area contributed by atoms with Gasteiger partial charge in [-0.05, 0) is 17.7 Å². The molecule has 0 N–H and O–H groups in total. The molecule has 4 heteroatoms. The smallest absolute Gasteiger partial charge is 0.243 e. The number of rotatable bonds is 2. The number of nitrogens with zero attached hydrogens (tertiary/aromatic N) is 2. The van der Waals surface area contributed by atoms with Crippen molar-refractivity contribution in [1.29, 1.82) is 0 Å². The predicted octanol–water partition coefficient (Wildman–Crippen LogP) is 1.72. The Balaban J connectivity index is 2.89. The molecule has 4 nitrogen and oxygen atoms in total. The number of aromatic nitrogens is 1. The van der Waals surface area contributed by atoms with Gasteiger partial charge in [-0.1, -0.05) is 0 Å².